The fraction of sp³-hybridized carbons (Fsp3) is 0.346. The third-order valence-electron chi connectivity index (χ3n) is 6.70. The lowest BCUT2D eigenvalue weighted by molar-refractivity contribution is -0.127. The Balaban J connectivity index is 1.45. The number of carbonyl (C=O) groups excluding carboxylic acids is 1. The summed E-state index contributed by atoms with van der Waals surface area (Å²) >= 11 is 6.00. The number of hydrogen-bond acceptors (Lipinski definition) is 4. The monoisotopic (exact) mass is 431 g/mol. The van der Waals surface area contributed by atoms with Crippen molar-refractivity contribution in [1.82, 2.24) is 9.97 Å². The van der Waals surface area contributed by atoms with Gasteiger partial charge >= 0.3 is 0 Å². The van der Waals surface area contributed by atoms with Crippen LogP contribution in [0.2, 0.25) is 5.02 Å². The molecule has 3 heterocycles. The molecule has 5 heteroatoms. The molecule has 31 heavy (non-hydrogen) atoms. The number of carbonyl (C=O) groups is 1. The molecule has 4 nitrogen and oxygen atoms in total. The van der Waals surface area contributed by atoms with E-state index in [1.165, 1.54) is 0 Å². The van der Waals surface area contributed by atoms with Crippen LogP contribution in [-0.2, 0) is 23.1 Å². The Morgan fingerprint density at radius 1 is 1.03 bits per heavy atom. The molecule has 0 amide bonds. The summed E-state index contributed by atoms with van der Waals surface area (Å²) < 4.78 is 0. The van der Waals surface area contributed by atoms with E-state index in [0.717, 1.165) is 72.8 Å². The minimum Gasteiger partial charge on any atom is -0.325 e. The Labute approximate surface area is 188 Å². The van der Waals surface area contributed by atoms with E-state index in [1.54, 1.807) is 0 Å². The zero-order valence-corrected chi connectivity index (χ0v) is 18.5. The fourth-order valence-electron chi connectivity index (χ4n) is 4.80. The van der Waals surface area contributed by atoms with Gasteiger partial charge in [-0.2, -0.15) is 0 Å². The number of anilines is 2. The van der Waals surface area contributed by atoms with Gasteiger partial charge in [0.2, 0.25) is 0 Å². The van der Waals surface area contributed by atoms with Crippen molar-refractivity contribution in [3.05, 3.63) is 82.3 Å². The number of fused-ring (bicyclic) bond motifs is 1. The van der Waals surface area contributed by atoms with E-state index in [0.29, 0.717) is 11.4 Å². The van der Waals surface area contributed by atoms with Gasteiger partial charge in [0.1, 0.15) is 11.6 Å². The average Bonchev–Trinajstić information content (AvgIpc) is 2.74. The lowest BCUT2D eigenvalue weighted by Crippen LogP contribution is -2.44. The molecule has 0 spiro atoms. The molecular weight excluding hydrogens is 406 g/mol. The van der Waals surface area contributed by atoms with Crippen molar-refractivity contribution in [1.29, 1.82) is 0 Å². The Morgan fingerprint density at radius 2 is 1.84 bits per heavy atom. The number of pyridine rings is 2. The lowest BCUT2D eigenvalue weighted by atomic mass is 9.62. The molecule has 1 fully saturated rings. The molecular formula is C26H26ClN3O. The number of benzene rings is 1. The van der Waals surface area contributed by atoms with E-state index in [-0.39, 0.29) is 5.78 Å². The average molecular weight is 432 g/mol. The van der Waals surface area contributed by atoms with Crippen molar-refractivity contribution in [2.45, 2.75) is 50.9 Å². The maximum absolute atomic E-state index is 13.4. The van der Waals surface area contributed by atoms with Gasteiger partial charge in [-0.05, 0) is 74.6 Å². The number of ketones is 1. The third kappa shape index (κ3) is 3.74. The van der Waals surface area contributed by atoms with Crippen LogP contribution in [0.15, 0.2) is 54.6 Å². The molecule has 1 saturated carbocycles. The fourth-order valence-corrected chi connectivity index (χ4v) is 4.92. The number of nitrogens with zero attached hydrogens (tertiary/aromatic N) is 3. The lowest BCUT2D eigenvalue weighted by Gasteiger charge is -2.41. The largest absolute Gasteiger partial charge is 0.325 e. The van der Waals surface area contributed by atoms with Crippen LogP contribution in [-0.4, -0.2) is 22.3 Å². The summed E-state index contributed by atoms with van der Waals surface area (Å²) in [5.74, 6) is 1.23. The first-order valence-corrected chi connectivity index (χ1v) is 11.4. The molecule has 0 atom stereocenters. The Morgan fingerprint density at radius 3 is 2.55 bits per heavy atom. The zero-order chi connectivity index (χ0) is 21.4. The second kappa shape index (κ2) is 8.08. The van der Waals surface area contributed by atoms with Crippen LogP contribution in [0.4, 0.5) is 11.5 Å². The molecule has 1 aliphatic heterocycles. The van der Waals surface area contributed by atoms with Crippen molar-refractivity contribution >= 4 is 28.9 Å². The number of aryl methyl sites for hydroxylation is 2. The van der Waals surface area contributed by atoms with Gasteiger partial charge in [0, 0.05) is 23.7 Å². The second-order valence-corrected chi connectivity index (χ2v) is 9.15. The Bertz CT molecular complexity index is 1120. The van der Waals surface area contributed by atoms with E-state index in [2.05, 4.69) is 23.1 Å². The van der Waals surface area contributed by atoms with E-state index in [9.17, 15) is 4.79 Å². The van der Waals surface area contributed by atoms with E-state index < -0.39 is 5.41 Å². The predicted molar refractivity (Wildman–Crippen MR) is 124 cm³/mol. The molecule has 0 saturated heterocycles. The minimum absolute atomic E-state index is 0.265. The van der Waals surface area contributed by atoms with Crippen LogP contribution in [0.3, 0.4) is 0 Å². The van der Waals surface area contributed by atoms with Crippen molar-refractivity contribution < 1.29 is 4.79 Å². The normalized spacial score (nSPS) is 17.0. The van der Waals surface area contributed by atoms with Crippen LogP contribution in [0.5, 0.6) is 0 Å². The van der Waals surface area contributed by atoms with Gasteiger partial charge in [0.15, 0.2) is 0 Å². The number of halogens is 1. The molecule has 0 N–H and O–H groups in total. The highest BCUT2D eigenvalue weighted by atomic mass is 35.5. The van der Waals surface area contributed by atoms with Crippen LogP contribution in [0.1, 0.15) is 48.3 Å². The topological polar surface area (TPSA) is 46.1 Å². The highest BCUT2D eigenvalue weighted by Gasteiger charge is 2.46. The second-order valence-electron chi connectivity index (χ2n) is 8.72. The maximum Gasteiger partial charge on any atom is 0.149 e. The van der Waals surface area contributed by atoms with Crippen LogP contribution in [0, 0.1) is 6.92 Å². The summed E-state index contributed by atoms with van der Waals surface area (Å²) in [5.41, 5.74) is 4.71. The van der Waals surface area contributed by atoms with E-state index in [4.69, 9.17) is 21.6 Å². The molecule has 1 aliphatic carbocycles. The van der Waals surface area contributed by atoms with Gasteiger partial charge in [-0.25, -0.2) is 4.98 Å². The first-order valence-electron chi connectivity index (χ1n) is 11.0. The third-order valence-corrected chi connectivity index (χ3v) is 6.95. The summed E-state index contributed by atoms with van der Waals surface area (Å²) in [7, 11) is 0. The minimum atomic E-state index is -0.446. The summed E-state index contributed by atoms with van der Waals surface area (Å²) in [5, 5.41) is 0.693. The highest BCUT2D eigenvalue weighted by Crippen LogP contribution is 2.45. The van der Waals surface area contributed by atoms with Crippen LogP contribution < -0.4 is 4.90 Å². The van der Waals surface area contributed by atoms with Crippen molar-refractivity contribution in [2.24, 2.45) is 0 Å². The number of Topliss-reactive ketones (excluding diaryl/α,β-unsaturated/α-hetero) is 1. The molecule has 3 aromatic rings. The molecule has 2 aliphatic rings. The molecule has 0 bridgehead atoms. The van der Waals surface area contributed by atoms with Gasteiger partial charge in [0.25, 0.3) is 0 Å². The number of aromatic nitrogens is 2. The van der Waals surface area contributed by atoms with Crippen molar-refractivity contribution in [2.75, 3.05) is 11.4 Å². The smallest absolute Gasteiger partial charge is 0.149 e. The van der Waals surface area contributed by atoms with Gasteiger partial charge < -0.3 is 4.90 Å². The van der Waals surface area contributed by atoms with Gasteiger partial charge in [-0.15, -0.1) is 0 Å². The van der Waals surface area contributed by atoms with Gasteiger partial charge in [0.05, 0.1) is 22.5 Å². The van der Waals surface area contributed by atoms with E-state index >= 15 is 0 Å². The summed E-state index contributed by atoms with van der Waals surface area (Å²) in [6.07, 6.45) is 5.24. The van der Waals surface area contributed by atoms with Crippen molar-refractivity contribution in [3.8, 4) is 0 Å². The van der Waals surface area contributed by atoms with Crippen LogP contribution in [0.25, 0.3) is 0 Å². The standard InChI is InChI=1S/C26H26ClN3O/c1-18-5-2-7-25(28-18)30-16-3-6-21-22(30)12-13-23(29-21)26(14-4-15-26)24(31)17-19-8-10-20(27)11-9-19/h2,5,7-13H,3-4,6,14-17H2,1H3. The van der Waals surface area contributed by atoms with Gasteiger partial charge in [-0.3, -0.25) is 9.78 Å². The summed E-state index contributed by atoms with van der Waals surface area (Å²) in [4.78, 5) is 25.4. The van der Waals surface area contributed by atoms with Gasteiger partial charge in [-0.1, -0.05) is 36.2 Å². The van der Waals surface area contributed by atoms with E-state index in [1.807, 2.05) is 43.3 Å². The Kier molecular flexibility index (Phi) is 5.27. The molecule has 0 radical (unpaired) electrons. The maximum atomic E-state index is 13.4. The first-order chi connectivity index (χ1) is 15.0. The quantitative estimate of drug-likeness (QED) is 0.515. The summed E-state index contributed by atoms with van der Waals surface area (Å²) in [6, 6.07) is 17.9. The molecule has 1 aromatic carbocycles. The summed E-state index contributed by atoms with van der Waals surface area (Å²) in [6.45, 7) is 2.95. The zero-order valence-electron chi connectivity index (χ0n) is 17.8. The molecule has 158 valence electrons. The van der Waals surface area contributed by atoms with Crippen LogP contribution >= 0.6 is 11.6 Å². The highest BCUT2D eigenvalue weighted by molar-refractivity contribution is 6.30. The number of hydrogen-bond donors (Lipinski definition) is 0. The SMILES string of the molecule is Cc1cccc(N2CCCc3nc(C4(C(=O)Cc5ccc(Cl)cc5)CCC4)ccc32)n1. The number of rotatable bonds is 5. The Hall–Kier alpha value is -2.72. The predicted octanol–water partition coefficient (Wildman–Crippen LogP) is 5.76. The molecule has 5 rings (SSSR count). The molecule has 0 unspecified atom stereocenters. The molecule has 2 aromatic heterocycles. The van der Waals surface area contributed by atoms with Crippen molar-refractivity contribution in [3.63, 3.8) is 0 Å². The first kappa shape index (κ1) is 20.2.